The second-order valence-corrected chi connectivity index (χ2v) is 7.11. The number of ether oxygens (including phenoxy) is 2. The van der Waals surface area contributed by atoms with E-state index in [2.05, 4.69) is 12.2 Å². The summed E-state index contributed by atoms with van der Waals surface area (Å²) in [5.41, 5.74) is -0.437. The average Bonchev–Trinajstić information content (AvgIpc) is 2.62. The van der Waals surface area contributed by atoms with Gasteiger partial charge in [0.05, 0.1) is 0 Å². The average molecular weight is 300 g/mol. The molecule has 2 atom stereocenters. The molecule has 1 N–H and O–H groups in total. The monoisotopic (exact) mass is 300 g/mol. The summed E-state index contributed by atoms with van der Waals surface area (Å²) in [5.74, 6) is 0.395. The van der Waals surface area contributed by atoms with E-state index in [0.29, 0.717) is 18.5 Å². The third kappa shape index (κ3) is 8.27. The minimum absolute atomic E-state index is 0.253. The smallest absolute Gasteiger partial charge is 0.410 e. The minimum Gasteiger partial charge on any atom is -0.444 e. The van der Waals surface area contributed by atoms with Gasteiger partial charge < -0.3 is 19.7 Å². The summed E-state index contributed by atoms with van der Waals surface area (Å²) in [6.45, 7) is 11.2. The second-order valence-electron chi connectivity index (χ2n) is 7.11. The zero-order valence-electron chi connectivity index (χ0n) is 14.3. The topological polar surface area (TPSA) is 50.8 Å². The van der Waals surface area contributed by atoms with Gasteiger partial charge in [0.15, 0.2) is 0 Å². The van der Waals surface area contributed by atoms with Crippen LogP contribution in [-0.4, -0.2) is 56.0 Å². The second kappa shape index (κ2) is 8.59. The van der Waals surface area contributed by atoms with Gasteiger partial charge in [0.2, 0.25) is 0 Å². The molecule has 1 rings (SSSR count). The predicted molar refractivity (Wildman–Crippen MR) is 84.5 cm³/mol. The van der Waals surface area contributed by atoms with Gasteiger partial charge in [0.25, 0.3) is 0 Å². The summed E-state index contributed by atoms with van der Waals surface area (Å²) in [6.07, 6.45) is 3.13. The molecular formula is C16H32N2O3. The predicted octanol–water partition coefficient (Wildman–Crippen LogP) is 2.65. The highest BCUT2D eigenvalue weighted by atomic mass is 16.6. The van der Waals surface area contributed by atoms with Gasteiger partial charge in [-0.05, 0) is 52.5 Å². The highest BCUT2D eigenvalue weighted by molar-refractivity contribution is 5.67. The van der Waals surface area contributed by atoms with E-state index in [1.54, 1.807) is 11.9 Å². The Kier molecular flexibility index (Phi) is 7.46. The van der Waals surface area contributed by atoms with Crippen LogP contribution in [0, 0.1) is 5.92 Å². The molecule has 0 bridgehead atoms. The number of nitrogens with one attached hydrogen (secondary N) is 1. The maximum Gasteiger partial charge on any atom is 0.410 e. The molecule has 5 heteroatoms. The van der Waals surface area contributed by atoms with Gasteiger partial charge in [-0.25, -0.2) is 4.79 Å². The fourth-order valence-electron chi connectivity index (χ4n) is 2.42. The zero-order valence-corrected chi connectivity index (χ0v) is 14.3. The van der Waals surface area contributed by atoms with Crippen molar-refractivity contribution in [2.45, 2.75) is 58.6 Å². The number of hydrogen-bond donors (Lipinski definition) is 1. The lowest BCUT2D eigenvalue weighted by atomic mass is 10.1. The number of carbonyl (C=O) groups is 1. The maximum absolute atomic E-state index is 11.9. The molecule has 0 spiro atoms. The summed E-state index contributed by atoms with van der Waals surface area (Å²) in [6, 6.07) is 0.543. The quantitative estimate of drug-likeness (QED) is 0.848. The first kappa shape index (κ1) is 18.2. The molecule has 1 aliphatic heterocycles. The molecule has 1 aliphatic rings. The summed E-state index contributed by atoms with van der Waals surface area (Å²) in [4.78, 5) is 13.6. The maximum atomic E-state index is 11.9. The fraction of sp³-hybridized carbons (Fsp3) is 0.938. The van der Waals surface area contributed by atoms with Crippen LogP contribution in [0.15, 0.2) is 0 Å². The number of hydrogen-bond acceptors (Lipinski definition) is 4. The van der Waals surface area contributed by atoms with Crippen molar-refractivity contribution < 1.29 is 14.3 Å². The van der Waals surface area contributed by atoms with Crippen LogP contribution in [0.25, 0.3) is 0 Å². The van der Waals surface area contributed by atoms with Crippen LogP contribution in [-0.2, 0) is 9.47 Å². The molecule has 0 aromatic carbocycles. The lowest BCUT2D eigenvalue weighted by molar-refractivity contribution is 0.0276. The van der Waals surface area contributed by atoms with Gasteiger partial charge in [-0.15, -0.1) is 0 Å². The van der Waals surface area contributed by atoms with Gasteiger partial charge in [0.1, 0.15) is 5.60 Å². The van der Waals surface area contributed by atoms with Crippen LogP contribution in [0.3, 0.4) is 0 Å². The molecule has 1 amide bonds. The highest BCUT2D eigenvalue weighted by Gasteiger charge is 2.21. The van der Waals surface area contributed by atoms with Crippen molar-refractivity contribution in [2.75, 3.05) is 33.4 Å². The molecule has 124 valence electrons. The molecule has 0 aromatic rings. The van der Waals surface area contributed by atoms with E-state index in [-0.39, 0.29) is 6.09 Å². The van der Waals surface area contributed by atoms with E-state index in [1.165, 1.54) is 6.42 Å². The minimum atomic E-state index is -0.437. The van der Waals surface area contributed by atoms with Gasteiger partial charge in [-0.1, -0.05) is 6.92 Å². The Morgan fingerprint density at radius 1 is 1.38 bits per heavy atom. The molecule has 1 fully saturated rings. The van der Waals surface area contributed by atoms with Gasteiger partial charge in [-0.2, -0.15) is 0 Å². The third-order valence-corrected chi connectivity index (χ3v) is 3.50. The first-order valence-electron chi connectivity index (χ1n) is 8.03. The van der Waals surface area contributed by atoms with Crippen LogP contribution in [0.4, 0.5) is 4.79 Å². The van der Waals surface area contributed by atoms with E-state index >= 15 is 0 Å². The number of carbonyl (C=O) groups excluding carboxylic acids is 1. The Labute approximate surface area is 129 Å². The Bertz CT molecular complexity index is 307. The lowest BCUT2D eigenvalue weighted by Gasteiger charge is -2.27. The van der Waals surface area contributed by atoms with Crippen LogP contribution in [0.2, 0.25) is 0 Å². The molecule has 1 heterocycles. The molecule has 5 nitrogen and oxygen atoms in total. The molecule has 2 unspecified atom stereocenters. The van der Waals surface area contributed by atoms with Gasteiger partial charge in [0, 0.05) is 32.8 Å². The summed E-state index contributed by atoms with van der Waals surface area (Å²) in [5, 5.41) is 3.60. The molecule has 0 aromatic heterocycles. The SMILES string of the molecule is CC(CNC1CCCOCC1)CN(C)C(=O)OC(C)(C)C. The van der Waals surface area contributed by atoms with Crippen molar-refractivity contribution in [3.05, 3.63) is 0 Å². The van der Waals surface area contributed by atoms with E-state index in [0.717, 1.165) is 32.6 Å². The highest BCUT2D eigenvalue weighted by Crippen LogP contribution is 2.11. The summed E-state index contributed by atoms with van der Waals surface area (Å²) < 4.78 is 10.8. The Morgan fingerprint density at radius 2 is 2.10 bits per heavy atom. The van der Waals surface area contributed by atoms with Gasteiger partial charge >= 0.3 is 6.09 Å². The fourth-order valence-corrected chi connectivity index (χ4v) is 2.42. The molecule has 1 saturated heterocycles. The number of amides is 1. The first-order valence-corrected chi connectivity index (χ1v) is 8.03. The first-order chi connectivity index (χ1) is 9.78. The van der Waals surface area contributed by atoms with Crippen LogP contribution >= 0.6 is 0 Å². The van der Waals surface area contributed by atoms with Crippen molar-refractivity contribution in [1.82, 2.24) is 10.2 Å². The Balaban J connectivity index is 2.25. The molecular weight excluding hydrogens is 268 g/mol. The van der Waals surface area contributed by atoms with Crippen molar-refractivity contribution >= 4 is 6.09 Å². The number of rotatable bonds is 5. The zero-order chi connectivity index (χ0) is 15.9. The van der Waals surface area contributed by atoms with E-state index < -0.39 is 5.60 Å². The summed E-state index contributed by atoms with van der Waals surface area (Å²) in [7, 11) is 1.80. The Morgan fingerprint density at radius 3 is 2.76 bits per heavy atom. The van der Waals surface area contributed by atoms with Crippen LogP contribution < -0.4 is 5.32 Å². The molecule has 0 aliphatic carbocycles. The Hall–Kier alpha value is -0.810. The lowest BCUT2D eigenvalue weighted by Crippen LogP contribution is -2.40. The number of nitrogens with zero attached hydrogens (tertiary/aromatic N) is 1. The van der Waals surface area contributed by atoms with Crippen LogP contribution in [0.5, 0.6) is 0 Å². The summed E-state index contributed by atoms with van der Waals surface area (Å²) >= 11 is 0. The van der Waals surface area contributed by atoms with Gasteiger partial charge in [-0.3, -0.25) is 0 Å². The van der Waals surface area contributed by atoms with Crippen molar-refractivity contribution in [1.29, 1.82) is 0 Å². The normalized spacial score (nSPS) is 21.5. The standard InChI is InChI=1S/C16H32N2O3/c1-13(11-17-14-7-6-9-20-10-8-14)12-18(5)15(19)21-16(2,3)4/h13-14,17H,6-12H2,1-5H3. The van der Waals surface area contributed by atoms with Crippen molar-refractivity contribution in [2.24, 2.45) is 5.92 Å². The van der Waals surface area contributed by atoms with E-state index in [9.17, 15) is 4.79 Å². The largest absolute Gasteiger partial charge is 0.444 e. The molecule has 0 radical (unpaired) electrons. The van der Waals surface area contributed by atoms with Crippen LogP contribution in [0.1, 0.15) is 47.0 Å². The molecule has 0 saturated carbocycles. The van der Waals surface area contributed by atoms with Crippen molar-refractivity contribution in [3.8, 4) is 0 Å². The third-order valence-electron chi connectivity index (χ3n) is 3.50. The van der Waals surface area contributed by atoms with Crippen molar-refractivity contribution in [3.63, 3.8) is 0 Å². The van der Waals surface area contributed by atoms with E-state index in [4.69, 9.17) is 9.47 Å². The van der Waals surface area contributed by atoms with E-state index in [1.807, 2.05) is 20.8 Å². The molecule has 21 heavy (non-hydrogen) atoms.